The molecular weight excluding hydrogens is 434 g/mol. The highest BCUT2D eigenvalue weighted by Crippen LogP contribution is 2.23. The Morgan fingerprint density at radius 1 is 1.18 bits per heavy atom. The van der Waals surface area contributed by atoms with E-state index in [-0.39, 0.29) is 5.91 Å². The van der Waals surface area contributed by atoms with Gasteiger partial charge in [0, 0.05) is 32.0 Å². The largest absolute Gasteiger partial charge is 0.378 e. The van der Waals surface area contributed by atoms with Gasteiger partial charge in [-0.1, -0.05) is 48.2 Å². The van der Waals surface area contributed by atoms with Crippen molar-refractivity contribution in [2.24, 2.45) is 5.10 Å². The molecule has 0 aliphatic heterocycles. The second-order valence-corrected chi connectivity index (χ2v) is 8.81. The van der Waals surface area contributed by atoms with Crippen LogP contribution in [0.3, 0.4) is 0 Å². The quantitative estimate of drug-likeness (QED) is 0.195. The number of allylic oxidation sites excluding steroid dienone is 1. The van der Waals surface area contributed by atoms with E-state index < -0.39 is 5.25 Å². The van der Waals surface area contributed by atoms with Crippen LogP contribution in [0.5, 0.6) is 0 Å². The zero-order valence-electron chi connectivity index (χ0n) is 19.1. The average molecular weight is 464 g/mol. The van der Waals surface area contributed by atoms with E-state index in [0.29, 0.717) is 18.2 Å². The highest BCUT2D eigenvalue weighted by Gasteiger charge is 2.19. The molecule has 0 unspecified atom stereocenters. The van der Waals surface area contributed by atoms with Gasteiger partial charge in [-0.25, -0.2) is 5.43 Å². The Hall–Kier alpha value is -3.59. The lowest BCUT2D eigenvalue weighted by molar-refractivity contribution is -0.120. The minimum atomic E-state index is -0.402. The summed E-state index contributed by atoms with van der Waals surface area (Å²) in [6.07, 6.45) is 3.42. The van der Waals surface area contributed by atoms with Crippen molar-refractivity contribution in [1.29, 1.82) is 0 Å². The molecule has 8 nitrogen and oxygen atoms in total. The van der Waals surface area contributed by atoms with Gasteiger partial charge < -0.3 is 14.8 Å². The second kappa shape index (κ2) is 11.9. The number of thioether (sulfide) groups is 1. The van der Waals surface area contributed by atoms with Crippen molar-refractivity contribution >= 4 is 35.3 Å². The number of hydrazone groups is 1. The van der Waals surface area contributed by atoms with Crippen molar-refractivity contribution in [2.75, 3.05) is 24.3 Å². The fourth-order valence-corrected chi connectivity index (χ4v) is 3.79. The molecule has 0 aliphatic rings. The van der Waals surface area contributed by atoms with Crippen LogP contribution in [0.2, 0.25) is 0 Å². The Labute approximate surface area is 198 Å². The Morgan fingerprint density at radius 2 is 1.91 bits per heavy atom. The summed E-state index contributed by atoms with van der Waals surface area (Å²) in [5.41, 5.74) is 5.61. The van der Waals surface area contributed by atoms with Crippen LogP contribution < -0.4 is 15.6 Å². The van der Waals surface area contributed by atoms with Gasteiger partial charge >= 0.3 is 0 Å². The van der Waals surface area contributed by atoms with Gasteiger partial charge in [0.15, 0.2) is 11.0 Å². The summed E-state index contributed by atoms with van der Waals surface area (Å²) in [5, 5.41) is 16.3. The van der Waals surface area contributed by atoms with Crippen molar-refractivity contribution in [2.45, 2.75) is 30.4 Å². The molecule has 2 N–H and O–H groups in total. The van der Waals surface area contributed by atoms with Crippen molar-refractivity contribution < 1.29 is 4.79 Å². The van der Waals surface area contributed by atoms with Crippen LogP contribution in [0.25, 0.3) is 0 Å². The van der Waals surface area contributed by atoms with Gasteiger partial charge in [0.05, 0.1) is 18.0 Å². The lowest BCUT2D eigenvalue weighted by Crippen LogP contribution is -2.27. The summed E-state index contributed by atoms with van der Waals surface area (Å²) in [4.78, 5) is 14.5. The molecule has 0 aliphatic carbocycles. The summed E-state index contributed by atoms with van der Waals surface area (Å²) >= 11 is 1.33. The van der Waals surface area contributed by atoms with Gasteiger partial charge in [-0.2, -0.15) is 5.10 Å². The number of para-hydroxylation sites is 1. The number of rotatable bonds is 11. The summed E-state index contributed by atoms with van der Waals surface area (Å²) in [6.45, 7) is 6.71. The number of hydrogen-bond donors (Lipinski definition) is 2. The van der Waals surface area contributed by atoms with Gasteiger partial charge in [-0.3, -0.25) is 4.79 Å². The molecule has 33 heavy (non-hydrogen) atoms. The molecule has 172 valence electrons. The fraction of sp³-hybridized carbons (Fsp3) is 0.250. The lowest BCUT2D eigenvalue weighted by Gasteiger charge is -2.12. The molecule has 1 aromatic heterocycles. The number of amides is 1. The smallest absolute Gasteiger partial charge is 0.253 e. The van der Waals surface area contributed by atoms with E-state index in [2.05, 4.69) is 32.6 Å². The zero-order valence-corrected chi connectivity index (χ0v) is 19.9. The van der Waals surface area contributed by atoms with Crippen molar-refractivity contribution in [3.63, 3.8) is 0 Å². The minimum absolute atomic E-state index is 0.210. The van der Waals surface area contributed by atoms with Gasteiger partial charge in [-0.15, -0.1) is 16.8 Å². The second-order valence-electron chi connectivity index (χ2n) is 7.50. The number of anilines is 2. The zero-order chi connectivity index (χ0) is 23.6. The highest BCUT2D eigenvalue weighted by atomic mass is 32.2. The molecule has 0 spiro atoms. The maximum absolute atomic E-state index is 12.5. The molecule has 0 bridgehead atoms. The number of nitrogens with one attached hydrogen (secondary N) is 2. The topological polar surface area (TPSA) is 87.4 Å². The molecule has 0 fully saturated rings. The number of nitrogens with zero attached hydrogens (tertiary/aromatic N) is 5. The molecule has 1 atom stereocenters. The number of benzene rings is 2. The van der Waals surface area contributed by atoms with Crippen LogP contribution in [0.1, 0.15) is 18.3 Å². The first-order valence-corrected chi connectivity index (χ1v) is 11.4. The Kier molecular flexibility index (Phi) is 8.65. The van der Waals surface area contributed by atoms with E-state index in [9.17, 15) is 4.79 Å². The maximum Gasteiger partial charge on any atom is 0.253 e. The SMILES string of the molecule is C=CCn1c(CNc2ccccc2)nnc1S[C@H](C)C(=O)NN=Cc1ccc(N(C)C)cc1. The Morgan fingerprint density at radius 3 is 2.58 bits per heavy atom. The molecule has 9 heteroatoms. The van der Waals surface area contributed by atoms with Crippen molar-refractivity contribution in [3.05, 3.63) is 78.6 Å². The van der Waals surface area contributed by atoms with E-state index in [1.807, 2.05) is 85.1 Å². The number of carbonyl (C=O) groups excluding carboxylic acids is 1. The molecule has 0 radical (unpaired) electrons. The molecule has 3 rings (SSSR count). The fourth-order valence-electron chi connectivity index (χ4n) is 2.92. The Balaban J connectivity index is 1.57. The van der Waals surface area contributed by atoms with E-state index in [1.165, 1.54) is 11.8 Å². The predicted molar refractivity (Wildman–Crippen MR) is 136 cm³/mol. The van der Waals surface area contributed by atoms with Gasteiger partial charge in [0.2, 0.25) is 0 Å². The standard InChI is InChI=1S/C24H29N7OS/c1-5-15-31-22(17-25-20-9-7-6-8-10-20)27-29-24(31)33-18(2)23(32)28-26-16-19-11-13-21(14-12-19)30(3)4/h5-14,16,18,25H,1,15,17H2,2-4H3,(H,28,32)/t18-/m1/s1. The van der Waals surface area contributed by atoms with E-state index >= 15 is 0 Å². The van der Waals surface area contributed by atoms with Crippen LogP contribution in [-0.4, -0.2) is 46.2 Å². The van der Waals surface area contributed by atoms with Gasteiger partial charge in [0.25, 0.3) is 5.91 Å². The van der Waals surface area contributed by atoms with Crippen LogP contribution in [0.4, 0.5) is 11.4 Å². The monoisotopic (exact) mass is 463 g/mol. The molecule has 1 heterocycles. The molecule has 3 aromatic rings. The third kappa shape index (κ3) is 6.95. The average Bonchev–Trinajstić information content (AvgIpc) is 3.20. The molecular formula is C24H29N7OS. The van der Waals surface area contributed by atoms with Gasteiger partial charge in [-0.05, 0) is 36.8 Å². The summed E-state index contributed by atoms with van der Waals surface area (Å²) in [7, 11) is 3.97. The summed E-state index contributed by atoms with van der Waals surface area (Å²) in [5.74, 6) is 0.561. The normalized spacial score (nSPS) is 11.8. The third-order valence-electron chi connectivity index (χ3n) is 4.78. The first-order chi connectivity index (χ1) is 16.0. The van der Waals surface area contributed by atoms with E-state index in [0.717, 1.165) is 22.8 Å². The number of hydrogen-bond acceptors (Lipinski definition) is 7. The van der Waals surface area contributed by atoms with E-state index in [1.54, 1.807) is 12.3 Å². The van der Waals surface area contributed by atoms with Gasteiger partial charge in [0.1, 0.15) is 0 Å². The van der Waals surface area contributed by atoms with Crippen LogP contribution in [0, 0.1) is 0 Å². The lowest BCUT2D eigenvalue weighted by atomic mass is 10.2. The van der Waals surface area contributed by atoms with Crippen molar-refractivity contribution in [1.82, 2.24) is 20.2 Å². The van der Waals surface area contributed by atoms with E-state index in [4.69, 9.17) is 0 Å². The van der Waals surface area contributed by atoms with Crippen LogP contribution in [0.15, 0.2) is 77.5 Å². The third-order valence-corrected chi connectivity index (χ3v) is 5.86. The summed E-state index contributed by atoms with van der Waals surface area (Å²) in [6, 6.07) is 17.8. The molecule has 1 amide bonds. The highest BCUT2D eigenvalue weighted by molar-refractivity contribution is 8.00. The van der Waals surface area contributed by atoms with Crippen LogP contribution >= 0.6 is 11.8 Å². The number of aromatic nitrogens is 3. The maximum atomic E-state index is 12.5. The Bertz CT molecular complexity index is 1080. The van der Waals surface area contributed by atoms with Crippen molar-refractivity contribution in [3.8, 4) is 0 Å². The molecule has 0 saturated carbocycles. The summed E-state index contributed by atoms with van der Waals surface area (Å²) < 4.78 is 1.95. The molecule has 0 saturated heterocycles. The predicted octanol–water partition coefficient (Wildman–Crippen LogP) is 3.77. The first-order valence-electron chi connectivity index (χ1n) is 10.6. The number of carbonyl (C=O) groups is 1. The molecule has 2 aromatic carbocycles. The minimum Gasteiger partial charge on any atom is -0.378 e. The van der Waals surface area contributed by atoms with Crippen LogP contribution in [-0.2, 0) is 17.9 Å². The first kappa shape index (κ1) is 24.1.